The minimum absolute atomic E-state index is 0.0892. The lowest BCUT2D eigenvalue weighted by Crippen LogP contribution is -2.47. The third-order valence-electron chi connectivity index (χ3n) is 14.8. The molecule has 0 saturated carbocycles. The molecule has 10 rings (SSSR count). The first-order valence-electron chi connectivity index (χ1n) is 23.7. The summed E-state index contributed by atoms with van der Waals surface area (Å²) in [5, 5.41) is 41.8. The molecule has 4 aromatic carbocycles. The second-order valence-corrected chi connectivity index (χ2v) is 18.9. The highest BCUT2D eigenvalue weighted by Crippen LogP contribution is 2.52. The van der Waals surface area contributed by atoms with Crippen LogP contribution in [-0.4, -0.2) is 71.7 Å². The number of fused-ring (bicyclic) bond motifs is 9. The van der Waals surface area contributed by atoms with Crippen molar-refractivity contribution in [3.05, 3.63) is 141 Å². The number of hydrogen-bond donors (Lipinski definition) is 6. The fraction of sp³-hybridized carbons (Fsp3) is 0.418. The SMILES string of the molecule is CNCC1=C2C#CC(CCc3ccc(O)cc3)CCCC3CC(O)CCc4ccc(O)c(c4)OCc4cc(C56CCOCC5CCc5ccccc56)cc5cn(cc45)C(=C2CO3)NC1N. The van der Waals surface area contributed by atoms with Gasteiger partial charge in [-0.05, 0) is 153 Å². The lowest BCUT2D eigenvalue weighted by molar-refractivity contribution is 0.00498. The van der Waals surface area contributed by atoms with Gasteiger partial charge in [0.1, 0.15) is 24.3 Å². The number of rotatable bonds is 6. The molecule has 7 N–H and O–H groups in total. The molecule has 10 heteroatoms. The van der Waals surface area contributed by atoms with Crippen LogP contribution in [0.5, 0.6) is 17.2 Å². The number of nitrogens with zero attached hydrogens (tertiary/aromatic N) is 1. The van der Waals surface area contributed by atoms with Gasteiger partial charge in [-0.15, -0.1) is 0 Å². The number of dihydropyridines is 1. The van der Waals surface area contributed by atoms with Gasteiger partial charge in [-0.2, -0.15) is 0 Å². The largest absolute Gasteiger partial charge is 0.508 e. The number of benzene rings is 4. The first kappa shape index (κ1) is 43.4. The Kier molecular flexibility index (Phi) is 12.5. The molecule has 6 bridgehead atoms. The number of ether oxygens (including phenoxy) is 3. The third kappa shape index (κ3) is 8.81. The van der Waals surface area contributed by atoms with Crippen molar-refractivity contribution < 1.29 is 29.5 Å². The maximum atomic E-state index is 11.6. The Morgan fingerprint density at radius 2 is 1.82 bits per heavy atom. The highest BCUT2D eigenvalue weighted by Gasteiger charge is 2.47. The van der Waals surface area contributed by atoms with Gasteiger partial charge in [0.15, 0.2) is 11.5 Å². The number of hydrogen-bond acceptors (Lipinski definition) is 9. The molecule has 338 valence electrons. The van der Waals surface area contributed by atoms with E-state index in [0.717, 1.165) is 102 Å². The number of aromatic hydroxyl groups is 2. The van der Waals surface area contributed by atoms with Crippen LogP contribution >= 0.6 is 0 Å². The van der Waals surface area contributed by atoms with E-state index in [9.17, 15) is 15.3 Å². The van der Waals surface area contributed by atoms with Gasteiger partial charge < -0.3 is 50.5 Å². The number of phenols is 2. The lowest BCUT2D eigenvalue weighted by Gasteiger charge is -2.49. The van der Waals surface area contributed by atoms with Gasteiger partial charge in [-0.3, -0.25) is 0 Å². The predicted octanol–water partition coefficient (Wildman–Crippen LogP) is 7.99. The molecule has 5 aromatic rings. The van der Waals surface area contributed by atoms with Crippen molar-refractivity contribution in [3.63, 3.8) is 0 Å². The van der Waals surface area contributed by atoms with Crippen molar-refractivity contribution in [1.82, 2.24) is 15.2 Å². The van der Waals surface area contributed by atoms with Crippen LogP contribution in [0.4, 0.5) is 0 Å². The van der Waals surface area contributed by atoms with E-state index in [-0.39, 0.29) is 35.5 Å². The number of nitrogens with one attached hydrogen (secondary N) is 2. The zero-order chi connectivity index (χ0) is 44.5. The summed E-state index contributed by atoms with van der Waals surface area (Å²) in [6.45, 7) is 2.49. The molecule has 5 aliphatic rings. The minimum Gasteiger partial charge on any atom is -0.508 e. The van der Waals surface area contributed by atoms with E-state index in [4.69, 9.17) is 19.9 Å². The van der Waals surface area contributed by atoms with Crippen LogP contribution in [0.15, 0.2) is 108 Å². The topological polar surface area (TPSA) is 143 Å². The summed E-state index contributed by atoms with van der Waals surface area (Å²) in [7, 11) is 1.93. The zero-order valence-electron chi connectivity index (χ0n) is 37.5. The van der Waals surface area contributed by atoms with Crippen molar-refractivity contribution in [1.29, 1.82) is 0 Å². The molecule has 0 radical (unpaired) electrons. The molecule has 1 fully saturated rings. The Bertz CT molecular complexity index is 2670. The molecular weight excluding hydrogens is 813 g/mol. The number of nitrogens with two attached hydrogens (primary N) is 1. The van der Waals surface area contributed by atoms with E-state index >= 15 is 0 Å². The normalized spacial score (nSPS) is 25.9. The third-order valence-corrected chi connectivity index (χ3v) is 14.8. The fourth-order valence-corrected chi connectivity index (χ4v) is 11.3. The standard InChI is InChI=1S/C55H62N4O6/c1-57-29-47-46-21-14-35(9-10-36-11-18-43(60)19-12-36)5-4-7-45-28-44(61)20-13-37-15-22-51(62)52(25-37)65-32-40-27-42(55-23-24-63-33-41(55)17-16-38-6-2-3-8-50(38)55)26-39-30-59(31-48(39)40)54(58-53(47)56)49(46)34-64-45/h2-3,6,8,11-12,15,18-19,22,25-27,30-31,35,41,44-45,53,57-58,60-62H,4-5,7,9-10,13,16-17,20,23-24,28-29,32-34,56H2,1H3. The van der Waals surface area contributed by atoms with Crippen molar-refractivity contribution in [2.24, 2.45) is 17.6 Å². The second kappa shape index (κ2) is 18.7. The van der Waals surface area contributed by atoms with Crippen LogP contribution in [0, 0.1) is 23.7 Å². The van der Waals surface area contributed by atoms with E-state index in [2.05, 4.69) is 75.8 Å². The van der Waals surface area contributed by atoms with Gasteiger partial charge in [-0.1, -0.05) is 60.4 Å². The van der Waals surface area contributed by atoms with Gasteiger partial charge in [0.25, 0.3) is 0 Å². The summed E-state index contributed by atoms with van der Waals surface area (Å²) in [5.74, 6) is 9.50. The molecule has 1 aromatic heterocycles. The second-order valence-electron chi connectivity index (χ2n) is 18.9. The molecule has 1 aliphatic carbocycles. The van der Waals surface area contributed by atoms with Crippen molar-refractivity contribution in [3.8, 4) is 29.1 Å². The van der Waals surface area contributed by atoms with Gasteiger partial charge in [0.2, 0.25) is 0 Å². The Labute approximate surface area is 382 Å². The number of aryl methyl sites for hydroxylation is 3. The highest BCUT2D eigenvalue weighted by atomic mass is 16.5. The molecule has 1 saturated heterocycles. The fourth-order valence-electron chi connectivity index (χ4n) is 11.3. The number of aromatic nitrogens is 1. The van der Waals surface area contributed by atoms with Gasteiger partial charge in [0, 0.05) is 58.8 Å². The van der Waals surface area contributed by atoms with Crippen LogP contribution in [0.1, 0.15) is 84.7 Å². The van der Waals surface area contributed by atoms with E-state index in [1.165, 1.54) is 22.3 Å². The molecular formula is C55H62N4O6. The zero-order valence-corrected chi connectivity index (χ0v) is 37.5. The number of likely N-dealkylation sites (N-methyl/N-ethyl adjacent to an activating group) is 1. The molecule has 6 atom stereocenters. The molecule has 65 heavy (non-hydrogen) atoms. The maximum absolute atomic E-state index is 11.6. The first-order chi connectivity index (χ1) is 31.7. The molecule has 10 nitrogen and oxygen atoms in total. The highest BCUT2D eigenvalue weighted by molar-refractivity contribution is 5.89. The molecule has 0 amide bonds. The van der Waals surface area contributed by atoms with Crippen LogP contribution in [0.25, 0.3) is 16.6 Å². The van der Waals surface area contributed by atoms with Crippen molar-refractivity contribution >= 4 is 16.6 Å². The Morgan fingerprint density at radius 1 is 0.938 bits per heavy atom. The van der Waals surface area contributed by atoms with Crippen LogP contribution in [-0.2, 0) is 40.8 Å². The summed E-state index contributed by atoms with van der Waals surface area (Å²) >= 11 is 0. The van der Waals surface area contributed by atoms with E-state index in [1.807, 2.05) is 31.3 Å². The van der Waals surface area contributed by atoms with Gasteiger partial charge >= 0.3 is 0 Å². The van der Waals surface area contributed by atoms with Crippen LogP contribution < -0.4 is 21.1 Å². The van der Waals surface area contributed by atoms with E-state index in [0.29, 0.717) is 50.7 Å². The smallest absolute Gasteiger partial charge is 0.161 e. The quantitative estimate of drug-likeness (QED) is 0.0937. The average molecular weight is 875 g/mol. The molecule has 5 heterocycles. The molecule has 0 spiro atoms. The lowest BCUT2D eigenvalue weighted by atomic mass is 9.57. The first-order valence-corrected chi connectivity index (χ1v) is 23.7. The number of phenolic OH excluding ortho intramolecular Hbond substituents is 2. The van der Waals surface area contributed by atoms with Crippen LogP contribution in [0.2, 0.25) is 0 Å². The Hall–Kier alpha value is -5.54. The molecule has 6 unspecified atom stereocenters. The van der Waals surface area contributed by atoms with Gasteiger partial charge in [-0.25, -0.2) is 0 Å². The van der Waals surface area contributed by atoms with Crippen molar-refractivity contribution in [2.75, 3.05) is 33.4 Å². The number of aliphatic hydroxyl groups is 1. The van der Waals surface area contributed by atoms with Crippen molar-refractivity contribution in [2.45, 2.75) is 101 Å². The Balaban J connectivity index is 1.14. The summed E-state index contributed by atoms with van der Waals surface area (Å²) in [4.78, 5) is 0. The van der Waals surface area contributed by atoms with E-state index < -0.39 is 12.3 Å². The summed E-state index contributed by atoms with van der Waals surface area (Å²) in [5.41, 5.74) is 16.9. The summed E-state index contributed by atoms with van der Waals surface area (Å²) in [6, 6.07) is 26.7. The predicted molar refractivity (Wildman–Crippen MR) is 254 cm³/mol. The maximum Gasteiger partial charge on any atom is 0.161 e. The number of aliphatic hydroxyl groups excluding tert-OH is 1. The summed E-state index contributed by atoms with van der Waals surface area (Å²) in [6.07, 6.45) is 12.0. The Morgan fingerprint density at radius 3 is 2.69 bits per heavy atom. The van der Waals surface area contributed by atoms with Gasteiger partial charge in [0.05, 0.1) is 25.4 Å². The minimum atomic E-state index is -0.592. The average Bonchev–Trinajstić information content (AvgIpc) is 3.75. The van der Waals surface area contributed by atoms with E-state index in [1.54, 1.807) is 18.2 Å². The molecule has 4 aliphatic heterocycles. The monoisotopic (exact) mass is 874 g/mol. The van der Waals surface area contributed by atoms with Crippen LogP contribution in [0.3, 0.4) is 0 Å². The summed E-state index contributed by atoms with van der Waals surface area (Å²) < 4.78 is 22.0.